The summed E-state index contributed by atoms with van der Waals surface area (Å²) in [5, 5.41) is 9.28. The first-order chi connectivity index (χ1) is 22.1. The lowest BCUT2D eigenvalue weighted by Gasteiger charge is -2.33. The van der Waals surface area contributed by atoms with Gasteiger partial charge in [-0.2, -0.15) is 11.8 Å². The summed E-state index contributed by atoms with van der Waals surface area (Å²) in [6.45, 7) is 13.1. The Hall–Kier alpha value is -1.49. The highest BCUT2D eigenvalue weighted by Gasteiger charge is 2.40. The fourth-order valence-electron chi connectivity index (χ4n) is 6.40. The van der Waals surface area contributed by atoms with Crippen molar-refractivity contribution in [3.8, 4) is 5.75 Å². The number of carbonyl (C=O) groups excluding carboxylic acids is 1. The second kappa shape index (κ2) is 25.5. The minimum atomic E-state index is -0.778. The molecule has 0 aliphatic rings. The Bertz CT molecular complexity index is 911. The van der Waals surface area contributed by atoms with Crippen molar-refractivity contribution in [1.29, 1.82) is 0 Å². The molecule has 5 heteroatoms. The van der Waals surface area contributed by atoms with Gasteiger partial charge in [0.1, 0.15) is 5.75 Å². The zero-order chi connectivity index (χ0) is 34.1. The summed E-state index contributed by atoms with van der Waals surface area (Å²) >= 11 is 1.62. The van der Waals surface area contributed by atoms with E-state index in [-0.39, 0.29) is 17.8 Å². The van der Waals surface area contributed by atoms with Crippen LogP contribution >= 0.6 is 11.8 Å². The van der Waals surface area contributed by atoms with Gasteiger partial charge in [0.25, 0.3) is 0 Å². The molecule has 0 aromatic heterocycles. The third-order valence-electron chi connectivity index (χ3n) is 9.44. The number of benzene rings is 1. The Kier molecular flexibility index (Phi) is 23.6. The predicted molar refractivity (Wildman–Crippen MR) is 200 cm³/mol. The van der Waals surface area contributed by atoms with Crippen molar-refractivity contribution in [2.45, 2.75) is 195 Å². The quantitative estimate of drug-likeness (QED) is 0.0526. The molecule has 0 aliphatic carbocycles. The fraction of sp³-hybridized carbons (Fsp3) is 0.805. The molecule has 0 unspecified atom stereocenters. The highest BCUT2D eigenvalue weighted by Crippen LogP contribution is 2.40. The summed E-state index contributed by atoms with van der Waals surface area (Å²) in [7, 11) is 0. The standard InChI is InChI=1S/C41H72O4S/c1-7-9-11-13-15-17-19-21-23-25-30-41(34-46-32-29-38(42)43,31-26-24-22-20-18-16-14-12-10-8-2)39(44)45-37-33-35(3)27-28-36(37)40(4,5)6/h27-28,33H,7-26,29-32,34H2,1-6H3,(H,42,43). The molecule has 0 radical (unpaired) electrons. The monoisotopic (exact) mass is 661 g/mol. The summed E-state index contributed by atoms with van der Waals surface area (Å²) in [6, 6.07) is 6.22. The smallest absolute Gasteiger partial charge is 0.318 e. The van der Waals surface area contributed by atoms with Crippen molar-refractivity contribution >= 4 is 23.7 Å². The number of aliphatic carboxylic acids is 1. The average molecular weight is 661 g/mol. The van der Waals surface area contributed by atoms with Crippen LogP contribution in [0.5, 0.6) is 5.75 Å². The van der Waals surface area contributed by atoms with Crippen LogP contribution in [0.3, 0.4) is 0 Å². The minimum absolute atomic E-state index is 0.113. The Morgan fingerprint density at radius 1 is 0.696 bits per heavy atom. The Morgan fingerprint density at radius 2 is 1.13 bits per heavy atom. The summed E-state index contributed by atoms with van der Waals surface area (Å²) in [4.78, 5) is 25.7. The summed E-state index contributed by atoms with van der Waals surface area (Å²) in [6.07, 6.45) is 27.0. The maximum absolute atomic E-state index is 14.4. The van der Waals surface area contributed by atoms with Crippen molar-refractivity contribution in [3.63, 3.8) is 0 Å². The molecular weight excluding hydrogens is 589 g/mol. The van der Waals surface area contributed by atoms with E-state index in [0.717, 1.165) is 49.7 Å². The van der Waals surface area contributed by atoms with Crippen LogP contribution in [0, 0.1) is 12.3 Å². The van der Waals surface area contributed by atoms with E-state index in [1.165, 1.54) is 103 Å². The second-order valence-electron chi connectivity index (χ2n) is 15.0. The normalized spacial score (nSPS) is 12.0. The molecule has 0 bridgehead atoms. The lowest BCUT2D eigenvalue weighted by molar-refractivity contribution is -0.145. The summed E-state index contributed by atoms with van der Waals surface area (Å²) in [5.74, 6) is 0.949. The zero-order valence-electron chi connectivity index (χ0n) is 31.0. The molecule has 1 aromatic carbocycles. The van der Waals surface area contributed by atoms with Gasteiger partial charge < -0.3 is 9.84 Å². The van der Waals surface area contributed by atoms with E-state index >= 15 is 0 Å². The van der Waals surface area contributed by atoms with Gasteiger partial charge in [-0.1, -0.05) is 175 Å². The first-order valence-electron chi connectivity index (χ1n) is 19.2. The van der Waals surface area contributed by atoms with E-state index in [1.54, 1.807) is 11.8 Å². The topological polar surface area (TPSA) is 63.6 Å². The van der Waals surface area contributed by atoms with Gasteiger partial charge in [-0.25, -0.2) is 0 Å². The molecule has 266 valence electrons. The van der Waals surface area contributed by atoms with Crippen LogP contribution in [-0.2, 0) is 15.0 Å². The number of carboxylic acid groups (broad SMARTS) is 1. The molecule has 0 saturated heterocycles. The largest absolute Gasteiger partial charge is 0.481 e. The number of carbonyl (C=O) groups is 2. The summed E-state index contributed by atoms with van der Waals surface area (Å²) in [5.41, 5.74) is 1.40. The number of ether oxygens (including phenoxy) is 1. The van der Waals surface area contributed by atoms with Crippen LogP contribution in [0.15, 0.2) is 18.2 Å². The first kappa shape index (κ1) is 42.5. The number of thioether (sulfide) groups is 1. The van der Waals surface area contributed by atoms with Gasteiger partial charge in [0.2, 0.25) is 0 Å². The second-order valence-corrected chi connectivity index (χ2v) is 16.1. The van der Waals surface area contributed by atoms with Crippen molar-refractivity contribution in [2.75, 3.05) is 11.5 Å². The van der Waals surface area contributed by atoms with Crippen LogP contribution in [0.25, 0.3) is 0 Å². The number of unbranched alkanes of at least 4 members (excludes halogenated alkanes) is 18. The van der Waals surface area contributed by atoms with E-state index in [2.05, 4.69) is 46.8 Å². The zero-order valence-corrected chi connectivity index (χ0v) is 31.8. The molecule has 46 heavy (non-hydrogen) atoms. The molecule has 4 nitrogen and oxygen atoms in total. The highest BCUT2D eigenvalue weighted by atomic mass is 32.2. The van der Waals surface area contributed by atoms with Gasteiger partial charge in [-0.15, -0.1) is 0 Å². The van der Waals surface area contributed by atoms with Crippen LogP contribution < -0.4 is 4.74 Å². The van der Waals surface area contributed by atoms with Crippen LogP contribution in [0.4, 0.5) is 0 Å². The molecule has 0 saturated carbocycles. The van der Waals surface area contributed by atoms with Gasteiger partial charge in [0.05, 0.1) is 11.8 Å². The lowest BCUT2D eigenvalue weighted by atomic mass is 9.79. The fourth-order valence-corrected chi connectivity index (χ4v) is 7.66. The van der Waals surface area contributed by atoms with Crippen LogP contribution in [0.1, 0.15) is 193 Å². The Balaban J connectivity index is 2.99. The van der Waals surface area contributed by atoms with E-state index in [4.69, 9.17) is 4.74 Å². The SMILES string of the molecule is CCCCCCCCCCCCC(CCCCCCCCCCCC)(CSCCC(=O)O)C(=O)Oc1cc(C)ccc1C(C)(C)C. The van der Waals surface area contributed by atoms with Gasteiger partial charge in [-0.05, 0) is 36.8 Å². The van der Waals surface area contributed by atoms with Gasteiger partial charge >= 0.3 is 11.9 Å². The molecular formula is C41H72O4S. The van der Waals surface area contributed by atoms with E-state index < -0.39 is 11.4 Å². The molecule has 0 amide bonds. The third-order valence-corrected chi connectivity index (χ3v) is 10.7. The van der Waals surface area contributed by atoms with Crippen molar-refractivity contribution < 1.29 is 19.4 Å². The van der Waals surface area contributed by atoms with E-state index in [0.29, 0.717) is 17.3 Å². The molecule has 0 atom stereocenters. The highest BCUT2D eigenvalue weighted by molar-refractivity contribution is 7.99. The molecule has 1 N–H and O–H groups in total. The van der Waals surface area contributed by atoms with Gasteiger partial charge in [0.15, 0.2) is 0 Å². The molecule has 0 spiro atoms. The molecule has 0 heterocycles. The third kappa shape index (κ3) is 19.4. The Morgan fingerprint density at radius 3 is 1.54 bits per heavy atom. The number of esters is 1. The molecule has 1 aromatic rings. The van der Waals surface area contributed by atoms with Crippen molar-refractivity contribution in [1.82, 2.24) is 0 Å². The van der Waals surface area contributed by atoms with Gasteiger partial charge in [0, 0.05) is 17.1 Å². The first-order valence-corrected chi connectivity index (χ1v) is 20.3. The average Bonchev–Trinajstić information content (AvgIpc) is 3.00. The molecule has 0 aliphatic heterocycles. The number of hydrogen-bond acceptors (Lipinski definition) is 4. The molecule has 1 rings (SSSR count). The van der Waals surface area contributed by atoms with Crippen molar-refractivity contribution in [3.05, 3.63) is 29.3 Å². The van der Waals surface area contributed by atoms with Crippen LogP contribution in [-0.4, -0.2) is 28.6 Å². The number of carboxylic acids is 1. The molecule has 0 fully saturated rings. The number of aryl methyl sites for hydroxylation is 1. The van der Waals surface area contributed by atoms with E-state index in [9.17, 15) is 14.7 Å². The van der Waals surface area contributed by atoms with Crippen molar-refractivity contribution in [2.24, 2.45) is 5.41 Å². The number of rotatable bonds is 29. The predicted octanol–water partition coefficient (Wildman–Crippen LogP) is 13.0. The lowest BCUT2D eigenvalue weighted by Crippen LogP contribution is -2.38. The maximum atomic E-state index is 14.4. The maximum Gasteiger partial charge on any atom is 0.318 e. The summed E-state index contributed by atoms with van der Waals surface area (Å²) < 4.78 is 6.41. The minimum Gasteiger partial charge on any atom is -0.481 e. The van der Waals surface area contributed by atoms with E-state index in [1.807, 2.05) is 13.0 Å². The Labute approximate surface area is 289 Å². The van der Waals surface area contributed by atoms with Crippen LogP contribution in [0.2, 0.25) is 0 Å². The number of hydrogen-bond donors (Lipinski definition) is 1. The van der Waals surface area contributed by atoms with Gasteiger partial charge in [-0.3, -0.25) is 9.59 Å².